The van der Waals surface area contributed by atoms with Gasteiger partial charge in [0.15, 0.2) is 0 Å². The van der Waals surface area contributed by atoms with Crippen LogP contribution in [0.15, 0.2) is 4.52 Å². The van der Waals surface area contributed by atoms with Crippen LogP contribution in [0.3, 0.4) is 0 Å². The highest BCUT2D eigenvalue weighted by molar-refractivity contribution is 8.00. The van der Waals surface area contributed by atoms with Gasteiger partial charge in [-0.05, 0) is 27.7 Å². The number of urea groups is 1. The number of amides is 2. The fourth-order valence-electron chi connectivity index (χ4n) is 2.58. The summed E-state index contributed by atoms with van der Waals surface area (Å²) in [5, 5.41) is 15.7. The standard InChI is InChI=1S/C13H19N3O4S/c1-6(11-7(2)15-20-8(11)3)14-13(19)16-9(4)21-5-10(16)12(17)18/h6,9-10H,5H2,1-4H3,(H,14,19)(H,17,18). The molecule has 2 N–H and O–H groups in total. The second-order valence-electron chi connectivity index (χ2n) is 5.10. The Morgan fingerprint density at radius 1 is 1.52 bits per heavy atom. The van der Waals surface area contributed by atoms with Crippen molar-refractivity contribution in [3.63, 3.8) is 0 Å². The number of hydrogen-bond donors (Lipinski definition) is 2. The number of aliphatic carboxylic acids is 1. The Bertz CT molecular complexity index is 540. The van der Waals surface area contributed by atoms with Crippen LogP contribution in [0.25, 0.3) is 0 Å². The Morgan fingerprint density at radius 3 is 2.71 bits per heavy atom. The van der Waals surface area contributed by atoms with Gasteiger partial charge in [0.1, 0.15) is 11.8 Å². The summed E-state index contributed by atoms with van der Waals surface area (Å²) in [4.78, 5) is 25.0. The maximum absolute atomic E-state index is 12.4. The topological polar surface area (TPSA) is 95.7 Å². The number of nitrogens with zero attached hydrogens (tertiary/aromatic N) is 2. The molecule has 21 heavy (non-hydrogen) atoms. The zero-order chi connectivity index (χ0) is 15.7. The lowest BCUT2D eigenvalue weighted by Gasteiger charge is -2.27. The third-order valence-electron chi connectivity index (χ3n) is 3.60. The van der Waals surface area contributed by atoms with Gasteiger partial charge in [0.2, 0.25) is 0 Å². The van der Waals surface area contributed by atoms with Gasteiger partial charge in [0.25, 0.3) is 0 Å². The number of rotatable bonds is 3. The molecule has 0 aliphatic carbocycles. The van der Waals surface area contributed by atoms with Crippen molar-refractivity contribution in [3.05, 3.63) is 17.0 Å². The summed E-state index contributed by atoms with van der Waals surface area (Å²) in [7, 11) is 0. The number of carbonyl (C=O) groups is 2. The predicted octanol–water partition coefficient (Wildman–Crippen LogP) is 1.91. The SMILES string of the molecule is Cc1noc(C)c1C(C)NC(=O)N1C(C)SCC1C(=O)O. The van der Waals surface area contributed by atoms with E-state index in [0.717, 1.165) is 11.3 Å². The number of carboxylic acids is 1. The quantitative estimate of drug-likeness (QED) is 0.885. The Kier molecular flexibility index (Phi) is 4.46. The number of carbonyl (C=O) groups excluding carboxylic acids is 1. The van der Waals surface area contributed by atoms with Gasteiger partial charge in [0.05, 0.1) is 17.1 Å². The van der Waals surface area contributed by atoms with Gasteiger partial charge in [-0.1, -0.05) is 5.16 Å². The summed E-state index contributed by atoms with van der Waals surface area (Å²) in [5.41, 5.74) is 1.55. The molecule has 1 aromatic heterocycles. The monoisotopic (exact) mass is 313 g/mol. The van der Waals surface area contributed by atoms with Crippen LogP contribution >= 0.6 is 11.8 Å². The molecule has 1 aromatic rings. The first-order valence-corrected chi connectivity index (χ1v) is 7.73. The van der Waals surface area contributed by atoms with E-state index in [2.05, 4.69) is 10.5 Å². The molecule has 7 nitrogen and oxygen atoms in total. The average Bonchev–Trinajstić information content (AvgIpc) is 2.92. The van der Waals surface area contributed by atoms with Crippen molar-refractivity contribution in [1.29, 1.82) is 0 Å². The normalized spacial score (nSPS) is 23.1. The number of aryl methyl sites for hydroxylation is 2. The van der Waals surface area contributed by atoms with E-state index >= 15 is 0 Å². The van der Waals surface area contributed by atoms with Crippen molar-refractivity contribution in [3.8, 4) is 0 Å². The van der Waals surface area contributed by atoms with Crippen LogP contribution in [0.1, 0.15) is 36.9 Å². The molecule has 1 fully saturated rings. The lowest BCUT2D eigenvalue weighted by atomic mass is 10.1. The summed E-state index contributed by atoms with van der Waals surface area (Å²) in [6.45, 7) is 7.25. The fraction of sp³-hybridized carbons (Fsp3) is 0.615. The van der Waals surface area contributed by atoms with E-state index in [9.17, 15) is 14.7 Å². The molecule has 3 atom stereocenters. The molecule has 1 aliphatic heterocycles. The number of hydrogen-bond acceptors (Lipinski definition) is 5. The molecule has 2 rings (SSSR count). The Hall–Kier alpha value is -1.70. The highest BCUT2D eigenvalue weighted by Crippen LogP contribution is 2.29. The maximum Gasteiger partial charge on any atom is 0.327 e. The molecule has 8 heteroatoms. The van der Waals surface area contributed by atoms with Crippen molar-refractivity contribution in [1.82, 2.24) is 15.4 Å². The maximum atomic E-state index is 12.4. The minimum absolute atomic E-state index is 0.164. The summed E-state index contributed by atoms with van der Waals surface area (Å²) in [6.07, 6.45) is 0. The molecule has 0 aromatic carbocycles. The summed E-state index contributed by atoms with van der Waals surface area (Å²) in [5.74, 6) is 0.0785. The van der Waals surface area contributed by atoms with E-state index < -0.39 is 12.0 Å². The van der Waals surface area contributed by atoms with Gasteiger partial charge >= 0.3 is 12.0 Å². The lowest BCUT2D eigenvalue weighted by molar-refractivity contribution is -0.141. The molecular formula is C13H19N3O4S. The molecule has 2 amide bonds. The van der Waals surface area contributed by atoms with Gasteiger partial charge < -0.3 is 14.9 Å². The van der Waals surface area contributed by atoms with Crippen LogP contribution in [-0.2, 0) is 4.79 Å². The lowest BCUT2D eigenvalue weighted by Crippen LogP contribution is -2.50. The number of nitrogens with one attached hydrogen (secondary N) is 1. The Labute approximate surface area is 127 Å². The van der Waals surface area contributed by atoms with E-state index in [1.54, 1.807) is 6.92 Å². The van der Waals surface area contributed by atoms with Gasteiger partial charge in [-0.2, -0.15) is 0 Å². The van der Waals surface area contributed by atoms with E-state index in [1.807, 2.05) is 20.8 Å². The Balaban J connectivity index is 2.12. The first-order chi connectivity index (χ1) is 9.82. The first-order valence-electron chi connectivity index (χ1n) is 6.69. The minimum atomic E-state index is -0.980. The van der Waals surface area contributed by atoms with Crippen molar-refractivity contribution in [2.24, 2.45) is 0 Å². The van der Waals surface area contributed by atoms with E-state index in [0.29, 0.717) is 11.5 Å². The molecule has 1 aliphatic rings. The zero-order valence-corrected chi connectivity index (χ0v) is 13.2. The average molecular weight is 313 g/mol. The van der Waals surface area contributed by atoms with E-state index in [1.165, 1.54) is 16.7 Å². The molecule has 0 bridgehead atoms. The van der Waals surface area contributed by atoms with Crippen molar-refractivity contribution < 1.29 is 19.2 Å². The fourth-order valence-corrected chi connectivity index (χ4v) is 3.75. The summed E-state index contributed by atoms with van der Waals surface area (Å²) in [6, 6.07) is -1.47. The van der Waals surface area contributed by atoms with Crippen molar-refractivity contribution >= 4 is 23.8 Å². The molecule has 2 heterocycles. The molecule has 0 spiro atoms. The van der Waals surface area contributed by atoms with Crippen LogP contribution in [0.2, 0.25) is 0 Å². The smallest absolute Gasteiger partial charge is 0.327 e. The Morgan fingerprint density at radius 2 is 2.19 bits per heavy atom. The van der Waals surface area contributed by atoms with Crippen molar-refractivity contribution in [2.45, 2.75) is 45.2 Å². The number of thioether (sulfide) groups is 1. The second-order valence-corrected chi connectivity index (χ2v) is 6.45. The van der Waals surface area contributed by atoms with Crippen LogP contribution in [-0.4, -0.2) is 44.3 Å². The van der Waals surface area contributed by atoms with Crippen LogP contribution < -0.4 is 5.32 Å². The number of carboxylic acid groups (broad SMARTS) is 1. The van der Waals surface area contributed by atoms with Crippen LogP contribution in [0.4, 0.5) is 4.79 Å². The van der Waals surface area contributed by atoms with Crippen LogP contribution in [0.5, 0.6) is 0 Å². The van der Waals surface area contributed by atoms with E-state index in [-0.39, 0.29) is 17.4 Å². The highest BCUT2D eigenvalue weighted by atomic mass is 32.2. The molecule has 1 saturated heterocycles. The number of aromatic nitrogens is 1. The van der Waals surface area contributed by atoms with Crippen molar-refractivity contribution in [2.75, 3.05) is 5.75 Å². The summed E-state index contributed by atoms with van der Waals surface area (Å²) >= 11 is 1.45. The molecule has 3 unspecified atom stereocenters. The third kappa shape index (κ3) is 2.99. The second kappa shape index (κ2) is 5.97. The minimum Gasteiger partial charge on any atom is -0.480 e. The van der Waals surface area contributed by atoms with Gasteiger partial charge in [-0.15, -0.1) is 11.8 Å². The molecule has 0 radical (unpaired) electrons. The zero-order valence-electron chi connectivity index (χ0n) is 12.4. The van der Waals surface area contributed by atoms with Gasteiger partial charge in [-0.3, -0.25) is 4.90 Å². The van der Waals surface area contributed by atoms with Gasteiger partial charge in [0, 0.05) is 11.3 Å². The largest absolute Gasteiger partial charge is 0.480 e. The van der Waals surface area contributed by atoms with Crippen LogP contribution in [0, 0.1) is 13.8 Å². The molecule has 116 valence electrons. The molecule has 0 saturated carbocycles. The van der Waals surface area contributed by atoms with E-state index in [4.69, 9.17) is 4.52 Å². The highest BCUT2D eigenvalue weighted by Gasteiger charge is 2.40. The van der Waals surface area contributed by atoms with Gasteiger partial charge in [-0.25, -0.2) is 9.59 Å². The molecular weight excluding hydrogens is 294 g/mol. The summed E-state index contributed by atoms with van der Waals surface area (Å²) < 4.78 is 5.09. The first kappa shape index (κ1) is 15.7. The third-order valence-corrected chi connectivity index (χ3v) is 4.82. The predicted molar refractivity (Wildman–Crippen MR) is 78.1 cm³/mol.